The van der Waals surface area contributed by atoms with E-state index < -0.39 is 17.4 Å². The SMILES string of the molecule is O=C(O)[C@H]1CCN(C(c2ccccc2)(c2ccccc2)c2ccccc2)C1=O. The molecule has 3 aromatic carbocycles. The summed E-state index contributed by atoms with van der Waals surface area (Å²) in [5.41, 5.74) is 1.93. The van der Waals surface area contributed by atoms with Crippen LogP contribution in [0.2, 0.25) is 0 Å². The Kier molecular flexibility index (Phi) is 4.70. The predicted octanol–water partition coefficient (Wildman–Crippen LogP) is 3.91. The molecule has 1 saturated heterocycles. The maximum Gasteiger partial charge on any atom is 0.316 e. The predicted molar refractivity (Wildman–Crippen MR) is 107 cm³/mol. The van der Waals surface area contributed by atoms with Gasteiger partial charge in [0.25, 0.3) is 0 Å². The third-order valence-corrected chi connectivity index (χ3v) is 5.48. The molecule has 0 bridgehead atoms. The fourth-order valence-corrected chi connectivity index (χ4v) is 4.25. The average molecular weight is 371 g/mol. The Balaban J connectivity index is 2.03. The molecule has 0 aliphatic carbocycles. The highest BCUT2D eigenvalue weighted by Gasteiger charge is 2.50. The molecule has 140 valence electrons. The Morgan fingerprint density at radius 2 is 1.18 bits per heavy atom. The van der Waals surface area contributed by atoms with Gasteiger partial charge in [0.05, 0.1) is 0 Å². The highest BCUT2D eigenvalue weighted by molar-refractivity contribution is 5.99. The van der Waals surface area contributed by atoms with E-state index in [9.17, 15) is 14.7 Å². The molecule has 1 fully saturated rings. The molecule has 1 aliphatic rings. The van der Waals surface area contributed by atoms with Gasteiger partial charge < -0.3 is 10.0 Å². The normalized spacial score (nSPS) is 16.9. The number of hydrogen-bond donors (Lipinski definition) is 1. The van der Waals surface area contributed by atoms with Gasteiger partial charge in [-0.2, -0.15) is 0 Å². The van der Waals surface area contributed by atoms with Gasteiger partial charge in [-0.05, 0) is 23.1 Å². The molecule has 4 nitrogen and oxygen atoms in total. The molecule has 0 saturated carbocycles. The molecule has 0 spiro atoms. The van der Waals surface area contributed by atoms with E-state index in [-0.39, 0.29) is 5.91 Å². The summed E-state index contributed by atoms with van der Waals surface area (Å²) in [6, 6.07) is 29.5. The molecule has 3 aromatic rings. The largest absolute Gasteiger partial charge is 0.481 e. The van der Waals surface area contributed by atoms with E-state index in [1.54, 1.807) is 4.90 Å². The van der Waals surface area contributed by atoms with Crippen LogP contribution >= 0.6 is 0 Å². The Hall–Kier alpha value is -3.40. The number of likely N-dealkylation sites (tertiary alicyclic amines) is 1. The van der Waals surface area contributed by atoms with Crippen molar-refractivity contribution in [1.29, 1.82) is 0 Å². The van der Waals surface area contributed by atoms with Crippen molar-refractivity contribution in [1.82, 2.24) is 4.90 Å². The fourth-order valence-electron chi connectivity index (χ4n) is 4.25. The van der Waals surface area contributed by atoms with E-state index in [1.807, 2.05) is 91.0 Å². The van der Waals surface area contributed by atoms with Gasteiger partial charge in [0, 0.05) is 6.54 Å². The summed E-state index contributed by atoms with van der Waals surface area (Å²) < 4.78 is 0. The number of aliphatic carboxylic acids is 1. The standard InChI is InChI=1S/C24H21NO3/c26-22-21(23(27)28)16-17-25(22)24(18-10-4-1-5-11-18,19-12-6-2-7-13-19)20-14-8-3-9-15-20/h1-15,21H,16-17H2,(H,27,28)/t21-/m0/s1. The highest BCUT2D eigenvalue weighted by Crippen LogP contribution is 2.45. The van der Waals surface area contributed by atoms with E-state index in [2.05, 4.69) is 0 Å². The Labute approximate surface area is 164 Å². The summed E-state index contributed by atoms with van der Waals surface area (Å²) in [6.45, 7) is 0.383. The van der Waals surface area contributed by atoms with Crippen LogP contribution in [0.5, 0.6) is 0 Å². The lowest BCUT2D eigenvalue weighted by Crippen LogP contribution is -2.50. The van der Waals surface area contributed by atoms with Gasteiger partial charge in [0.1, 0.15) is 11.5 Å². The van der Waals surface area contributed by atoms with E-state index in [4.69, 9.17) is 0 Å². The van der Waals surface area contributed by atoms with Crippen LogP contribution in [0.1, 0.15) is 23.1 Å². The number of hydrogen-bond acceptors (Lipinski definition) is 2. The first kappa shape index (κ1) is 18.0. The number of carbonyl (C=O) groups is 2. The lowest BCUT2D eigenvalue weighted by atomic mass is 9.75. The third kappa shape index (κ3) is 2.78. The van der Waals surface area contributed by atoms with Crippen molar-refractivity contribution >= 4 is 11.9 Å². The molecular formula is C24H21NO3. The van der Waals surface area contributed by atoms with Crippen LogP contribution in [0.3, 0.4) is 0 Å². The minimum atomic E-state index is -1.06. The van der Waals surface area contributed by atoms with Crippen molar-refractivity contribution < 1.29 is 14.7 Å². The number of carbonyl (C=O) groups excluding carboxylic acids is 1. The van der Waals surface area contributed by atoms with Gasteiger partial charge >= 0.3 is 5.97 Å². The fraction of sp³-hybridized carbons (Fsp3) is 0.167. The first-order chi connectivity index (χ1) is 13.7. The minimum absolute atomic E-state index is 0.308. The molecule has 1 N–H and O–H groups in total. The van der Waals surface area contributed by atoms with Crippen LogP contribution in [0, 0.1) is 5.92 Å². The van der Waals surface area contributed by atoms with E-state index in [0.29, 0.717) is 13.0 Å². The summed E-state index contributed by atoms with van der Waals surface area (Å²) in [6.07, 6.45) is 0.308. The van der Waals surface area contributed by atoms with Crippen LogP contribution in [-0.2, 0) is 15.1 Å². The van der Waals surface area contributed by atoms with Gasteiger partial charge in [0.15, 0.2) is 0 Å². The summed E-state index contributed by atoms with van der Waals surface area (Å²) in [7, 11) is 0. The first-order valence-corrected chi connectivity index (χ1v) is 9.36. The van der Waals surface area contributed by atoms with Gasteiger partial charge in [-0.25, -0.2) is 0 Å². The second kappa shape index (κ2) is 7.31. The summed E-state index contributed by atoms with van der Waals surface area (Å²) >= 11 is 0. The van der Waals surface area contributed by atoms with Crippen LogP contribution in [-0.4, -0.2) is 28.4 Å². The Morgan fingerprint density at radius 3 is 1.50 bits per heavy atom. The van der Waals surface area contributed by atoms with Gasteiger partial charge in [-0.3, -0.25) is 9.59 Å². The van der Waals surface area contributed by atoms with Crippen molar-refractivity contribution in [3.8, 4) is 0 Å². The molecular weight excluding hydrogens is 350 g/mol. The molecule has 1 heterocycles. The van der Waals surface area contributed by atoms with Crippen LogP contribution in [0.25, 0.3) is 0 Å². The topological polar surface area (TPSA) is 57.6 Å². The molecule has 1 aliphatic heterocycles. The minimum Gasteiger partial charge on any atom is -0.481 e. The van der Waals surface area contributed by atoms with Crippen LogP contribution in [0.15, 0.2) is 91.0 Å². The van der Waals surface area contributed by atoms with Crippen LogP contribution < -0.4 is 0 Å². The molecule has 0 aromatic heterocycles. The molecule has 0 unspecified atom stereocenters. The van der Waals surface area contributed by atoms with E-state index >= 15 is 0 Å². The summed E-state index contributed by atoms with van der Waals surface area (Å²) in [5, 5.41) is 9.53. The second-order valence-electron chi connectivity index (χ2n) is 6.98. The molecule has 4 heteroatoms. The monoisotopic (exact) mass is 371 g/mol. The highest BCUT2D eigenvalue weighted by atomic mass is 16.4. The Bertz CT molecular complexity index is 874. The molecule has 1 amide bonds. The summed E-state index contributed by atoms with van der Waals surface area (Å²) in [4.78, 5) is 26.6. The van der Waals surface area contributed by atoms with Crippen molar-refractivity contribution in [2.24, 2.45) is 5.92 Å². The zero-order valence-corrected chi connectivity index (χ0v) is 15.4. The molecule has 28 heavy (non-hydrogen) atoms. The van der Waals surface area contributed by atoms with Gasteiger partial charge in [0.2, 0.25) is 5.91 Å². The third-order valence-electron chi connectivity index (χ3n) is 5.48. The Morgan fingerprint density at radius 1 is 0.786 bits per heavy atom. The van der Waals surface area contributed by atoms with Crippen molar-refractivity contribution in [3.05, 3.63) is 108 Å². The maximum absolute atomic E-state index is 13.3. The van der Waals surface area contributed by atoms with Crippen molar-refractivity contribution in [2.75, 3.05) is 6.54 Å². The van der Waals surface area contributed by atoms with Crippen LogP contribution in [0.4, 0.5) is 0 Å². The van der Waals surface area contributed by atoms with Crippen molar-refractivity contribution in [2.45, 2.75) is 12.0 Å². The summed E-state index contributed by atoms with van der Waals surface area (Å²) in [5.74, 6) is -2.41. The second-order valence-corrected chi connectivity index (χ2v) is 6.98. The number of carboxylic acid groups (broad SMARTS) is 1. The first-order valence-electron chi connectivity index (χ1n) is 9.36. The molecule has 1 atom stereocenters. The van der Waals surface area contributed by atoms with E-state index in [1.165, 1.54) is 0 Å². The van der Waals surface area contributed by atoms with Crippen molar-refractivity contribution in [3.63, 3.8) is 0 Å². The lowest BCUT2D eigenvalue weighted by Gasteiger charge is -2.43. The smallest absolute Gasteiger partial charge is 0.316 e. The number of benzene rings is 3. The molecule has 0 radical (unpaired) electrons. The number of rotatable bonds is 5. The maximum atomic E-state index is 13.3. The van der Waals surface area contributed by atoms with Gasteiger partial charge in [-0.15, -0.1) is 0 Å². The van der Waals surface area contributed by atoms with E-state index in [0.717, 1.165) is 16.7 Å². The lowest BCUT2D eigenvalue weighted by molar-refractivity contribution is -0.148. The molecule has 4 rings (SSSR count). The zero-order valence-electron chi connectivity index (χ0n) is 15.4. The quantitative estimate of drug-likeness (QED) is 0.546. The average Bonchev–Trinajstić information content (AvgIpc) is 3.13. The zero-order chi connectivity index (χ0) is 19.6. The number of amides is 1. The number of carboxylic acids is 1. The van der Waals surface area contributed by atoms with Gasteiger partial charge in [-0.1, -0.05) is 91.0 Å². The number of nitrogens with zero attached hydrogens (tertiary/aromatic N) is 1.